The highest BCUT2D eigenvalue weighted by molar-refractivity contribution is 5.77. The topological polar surface area (TPSA) is 49.6 Å². The zero-order valence-corrected chi connectivity index (χ0v) is 14.6. The van der Waals surface area contributed by atoms with Gasteiger partial charge in [-0.1, -0.05) is 12.1 Å². The van der Waals surface area contributed by atoms with E-state index in [1.165, 1.54) is 0 Å². The highest BCUT2D eigenvalue weighted by Crippen LogP contribution is 2.26. The van der Waals surface area contributed by atoms with E-state index in [4.69, 9.17) is 4.52 Å². The van der Waals surface area contributed by atoms with Crippen LogP contribution in [0.1, 0.15) is 56.5 Å². The van der Waals surface area contributed by atoms with Crippen LogP contribution in [0.25, 0.3) is 0 Å². The largest absolute Gasteiger partial charge is 0.361 e. The van der Waals surface area contributed by atoms with Gasteiger partial charge in [0.05, 0.1) is 5.69 Å². The molecule has 1 aromatic rings. The summed E-state index contributed by atoms with van der Waals surface area (Å²) in [5.74, 6) is 1.24. The van der Waals surface area contributed by atoms with E-state index >= 15 is 0 Å². The lowest BCUT2D eigenvalue weighted by Crippen LogP contribution is -2.37. The van der Waals surface area contributed by atoms with Crippen LogP contribution in [0.5, 0.6) is 0 Å². The molecule has 1 aliphatic rings. The van der Waals surface area contributed by atoms with Crippen molar-refractivity contribution in [3.8, 4) is 0 Å². The zero-order valence-electron chi connectivity index (χ0n) is 14.6. The van der Waals surface area contributed by atoms with Crippen LogP contribution in [0.2, 0.25) is 0 Å². The number of aromatic nitrogens is 1. The molecule has 2 rings (SSSR count). The van der Waals surface area contributed by atoms with Crippen molar-refractivity contribution >= 4 is 5.91 Å². The fourth-order valence-corrected chi connectivity index (χ4v) is 3.39. The first-order valence-electron chi connectivity index (χ1n) is 8.34. The van der Waals surface area contributed by atoms with Gasteiger partial charge in [0.15, 0.2) is 0 Å². The molecule has 0 aromatic carbocycles. The van der Waals surface area contributed by atoms with E-state index in [2.05, 4.69) is 30.8 Å². The Morgan fingerprint density at radius 1 is 1.18 bits per heavy atom. The lowest BCUT2D eigenvalue weighted by atomic mass is 9.95. The lowest BCUT2D eigenvalue weighted by molar-refractivity contribution is -0.131. The summed E-state index contributed by atoms with van der Waals surface area (Å²) in [7, 11) is 0. The van der Waals surface area contributed by atoms with Crippen LogP contribution in [0.15, 0.2) is 4.52 Å². The first-order valence-corrected chi connectivity index (χ1v) is 8.34. The number of amides is 1. The fourth-order valence-electron chi connectivity index (χ4n) is 3.39. The number of aryl methyl sites for hydroxylation is 2. The monoisotopic (exact) mass is 307 g/mol. The molecule has 0 bridgehead atoms. The number of hydrogen-bond donors (Lipinski definition) is 0. The van der Waals surface area contributed by atoms with Gasteiger partial charge in [-0.2, -0.15) is 0 Å². The summed E-state index contributed by atoms with van der Waals surface area (Å²) < 4.78 is 5.22. The molecule has 0 N–H and O–H groups in total. The molecule has 5 nitrogen and oxygen atoms in total. The van der Waals surface area contributed by atoms with Crippen molar-refractivity contribution in [2.24, 2.45) is 0 Å². The molecule has 1 amide bonds. The second-order valence-corrected chi connectivity index (χ2v) is 6.71. The van der Waals surface area contributed by atoms with Crippen molar-refractivity contribution in [1.29, 1.82) is 0 Å². The van der Waals surface area contributed by atoms with Crippen LogP contribution < -0.4 is 0 Å². The molecule has 0 aliphatic carbocycles. The average molecular weight is 307 g/mol. The number of rotatable bonds is 4. The molecule has 124 valence electrons. The van der Waals surface area contributed by atoms with Crippen molar-refractivity contribution in [3.05, 3.63) is 17.0 Å². The molecular formula is C17H29N3O2. The van der Waals surface area contributed by atoms with Crippen molar-refractivity contribution < 1.29 is 9.32 Å². The first kappa shape index (κ1) is 17.0. The van der Waals surface area contributed by atoms with E-state index in [1.54, 1.807) is 0 Å². The maximum Gasteiger partial charge on any atom is 0.223 e. The van der Waals surface area contributed by atoms with Gasteiger partial charge in [-0.3, -0.25) is 9.69 Å². The van der Waals surface area contributed by atoms with Gasteiger partial charge in [-0.25, -0.2) is 0 Å². The highest BCUT2D eigenvalue weighted by atomic mass is 16.5. The van der Waals surface area contributed by atoms with Crippen LogP contribution in [0.3, 0.4) is 0 Å². The van der Waals surface area contributed by atoms with Crippen LogP contribution >= 0.6 is 0 Å². The molecule has 1 fully saturated rings. The molecule has 5 heteroatoms. The summed E-state index contributed by atoms with van der Waals surface area (Å²) in [6.45, 7) is 14.2. The third-order valence-corrected chi connectivity index (χ3v) is 4.68. The SMILES string of the molecule is Cc1noc(C)c1C(C)CC(=O)N1CCCN(C(C)C)CC1. The third-order valence-electron chi connectivity index (χ3n) is 4.68. The molecule has 0 radical (unpaired) electrons. The Kier molecular flexibility index (Phi) is 5.62. The van der Waals surface area contributed by atoms with Crippen molar-refractivity contribution in [1.82, 2.24) is 15.0 Å². The van der Waals surface area contributed by atoms with Gasteiger partial charge in [0.1, 0.15) is 5.76 Å². The molecule has 0 spiro atoms. The van der Waals surface area contributed by atoms with Gasteiger partial charge >= 0.3 is 0 Å². The van der Waals surface area contributed by atoms with Gasteiger partial charge in [-0.05, 0) is 40.0 Å². The molecular weight excluding hydrogens is 278 g/mol. The normalized spacial score (nSPS) is 18.5. The van der Waals surface area contributed by atoms with Crippen LogP contribution in [-0.2, 0) is 4.79 Å². The quantitative estimate of drug-likeness (QED) is 0.858. The third kappa shape index (κ3) is 3.88. The lowest BCUT2D eigenvalue weighted by Gasteiger charge is -2.25. The van der Waals surface area contributed by atoms with E-state index < -0.39 is 0 Å². The Hall–Kier alpha value is -1.36. The van der Waals surface area contributed by atoms with E-state index in [9.17, 15) is 4.79 Å². The number of carbonyl (C=O) groups is 1. The molecule has 2 heterocycles. The number of carbonyl (C=O) groups excluding carboxylic acids is 1. The Bertz CT molecular complexity index is 491. The van der Waals surface area contributed by atoms with E-state index in [0.717, 1.165) is 49.6 Å². The Labute approximate surface area is 133 Å². The minimum atomic E-state index is 0.156. The fraction of sp³-hybridized carbons (Fsp3) is 0.765. The molecule has 22 heavy (non-hydrogen) atoms. The summed E-state index contributed by atoms with van der Waals surface area (Å²) in [5.41, 5.74) is 1.99. The maximum absolute atomic E-state index is 12.6. The first-order chi connectivity index (χ1) is 10.4. The van der Waals surface area contributed by atoms with Crippen molar-refractivity contribution in [3.63, 3.8) is 0 Å². The smallest absolute Gasteiger partial charge is 0.223 e. The van der Waals surface area contributed by atoms with Crippen molar-refractivity contribution in [2.45, 2.75) is 59.4 Å². The van der Waals surface area contributed by atoms with Crippen LogP contribution in [0.4, 0.5) is 0 Å². The second-order valence-electron chi connectivity index (χ2n) is 6.71. The van der Waals surface area contributed by atoms with E-state index in [-0.39, 0.29) is 11.8 Å². The standard InChI is InChI=1S/C17H29N3O2/c1-12(2)19-7-6-8-20(10-9-19)16(21)11-13(3)17-14(4)18-22-15(17)5/h12-13H,6-11H2,1-5H3. The van der Waals surface area contributed by atoms with E-state index in [0.29, 0.717) is 12.5 Å². The molecule has 1 saturated heterocycles. The van der Waals surface area contributed by atoms with Crippen LogP contribution in [-0.4, -0.2) is 53.1 Å². The van der Waals surface area contributed by atoms with Gasteiger partial charge in [0, 0.05) is 44.2 Å². The predicted octanol–water partition coefficient (Wildman–Crippen LogP) is 2.73. The molecule has 0 saturated carbocycles. The Morgan fingerprint density at radius 2 is 1.91 bits per heavy atom. The Morgan fingerprint density at radius 3 is 2.50 bits per heavy atom. The average Bonchev–Trinajstić information content (AvgIpc) is 2.67. The van der Waals surface area contributed by atoms with Crippen LogP contribution in [0, 0.1) is 13.8 Å². The second kappa shape index (κ2) is 7.27. The number of nitrogens with zero attached hydrogens (tertiary/aromatic N) is 3. The van der Waals surface area contributed by atoms with Gasteiger partial charge in [-0.15, -0.1) is 0 Å². The summed E-state index contributed by atoms with van der Waals surface area (Å²) in [6, 6.07) is 0.552. The minimum absolute atomic E-state index is 0.156. The van der Waals surface area contributed by atoms with E-state index in [1.807, 2.05) is 18.7 Å². The summed E-state index contributed by atoms with van der Waals surface area (Å²) in [5, 5.41) is 3.99. The predicted molar refractivity (Wildman–Crippen MR) is 86.9 cm³/mol. The summed E-state index contributed by atoms with van der Waals surface area (Å²) in [6.07, 6.45) is 1.59. The number of hydrogen-bond acceptors (Lipinski definition) is 4. The van der Waals surface area contributed by atoms with Crippen molar-refractivity contribution in [2.75, 3.05) is 26.2 Å². The molecule has 1 atom stereocenters. The van der Waals surface area contributed by atoms with Gasteiger partial charge in [0.25, 0.3) is 0 Å². The maximum atomic E-state index is 12.6. The minimum Gasteiger partial charge on any atom is -0.361 e. The zero-order chi connectivity index (χ0) is 16.3. The molecule has 1 aliphatic heterocycles. The molecule has 1 aromatic heterocycles. The van der Waals surface area contributed by atoms with Gasteiger partial charge in [0.2, 0.25) is 5.91 Å². The van der Waals surface area contributed by atoms with Gasteiger partial charge < -0.3 is 9.42 Å². The molecule has 1 unspecified atom stereocenters. The summed E-state index contributed by atoms with van der Waals surface area (Å²) in [4.78, 5) is 17.1. The Balaban J connectivity index is 1.94. The highest BCUT2D eigenvalue weighted by Gasteiger charge is 2.24. The summed E-state index contributed by atoms with van der Waals surface area (Å²) >= 11 is 0.